The molecule has 0 aromatic carbocycles. The predicted octanol–water partition coefficient (Wildman–Crippen LogP) is 2.93. The molecule has 0 spiro atoms. The molecule has 2 heterocycles. The van der Waals surface area contributed by atoms with Crippen LogP contribution in [0.3, 0.4) is 0 Å². The van der Waals surface area contributed by atoms with Crippen molar-refractivity contribution in [1.29, 1.82) is 0 Å². The lowest BCUT2D eigenvalue weighted by molar-refractivity contribution is 0.0135. The monoisotopic (exact) mass is 372 g/mol. The van der Waals surface area contributed by atoms with Gasteiger partial charge in [0.05, 0.1) is 17.3 Å². The second kappa shape index (κ2) is 7.00. The molecule has 0 N–H and O–H groups in total. The van der Waals surface area contributed by atoms with E-state index in [-0.39, 0.29) is 12.1 Å². The van der Waals surface area contributed by atoms with E-state index in [4.69, 9.17) is 4.74 Å². The van der Waals surface area contributed by atoms with Crippen LogP contribution in [0.5, 0.6) is 0 Å². The molecule has 0 atom stereocenters. The maximum atomic E-state index is 12.1. The first-order valence-electron chi connectivity index (χ1n) is 7.61. The third-order valence-corrected chi connectivity index (χ3v) is 4.14. The molecule has 1 aliphatic heterocycles. The first-order valence-corrected chi connectivity index (χ1v) is 8.40. The number of amides is 1. The minimum absolute atomic E-state index is 0.234. The Labute approximate surface area is 140 Å². The highest BCUT2D eigenvalue weighted by molar-refractivity contribution is 9.10. The Morgan fingerprint density at radius 2 is 2.09 bits per heavy atom. The molecule has 2 rings (SSSR count). The summed E-state index contributed by atoms with van der Waals surface area (Å²) in [5.74, 6) is 0. The minimum atomic E-state index is -0.445. The number of carbonyl (C=O) groups is 1. The molecule has 6 nitrogen and oxygen atoms in total. The number of carbonyl (C=O) groups excluding carboxylic acids is 1. The van der Waals surface area contributed by atoms with Crippen LogP contribution < -0.4 is 0 Å². The van der Waals surface area contributed by atoms with Crippen molar-refractivity contribution in [3.05, 3.63) is 16.9 Å². The fourth-order valence-corrected chi connectivity index (χ4v) is 2.88. The topological polar surface area (TPSA) is 50.6 Å². The van der Waals surface area contributed by atoms with Crippen molar-refractivity contribution in [2.75, 3.05) is 20.1 Å². The van der Waals surface area contributed by atoms with Gasteiger partial charge in [0.1, 0.15) is 5.60 Å². The number of hydrogen-bond donors (Lipinski definition) is 0. The van der Waals surface area contributed by atoms with E-state index in [0.717, 1.165) is 37.1 Å². The third-order valence-electron chi connectivity index (χ3n) is 3.73. The minimum Gasteiger partial charge on any atom is -0.444 e. The second-order valence-electron chi connectivity index (χ2n) is 6.78. The number of halogens is 1. The lowest BCUT2D eigenvalue weighted by atomic mass is 10.0. The summed E-state index contributed by atoms with van der Waals surface area (Å²) < 4.78 is 8.34. The van der Waals surface area contributed by atoms with Crippen LogP contribution in [0.1, 0.15) is 33.6 Å². The van der Waals surface area contributed by atoms with Crippen LogP contribution in [-0.4, -0.2) is 57.5 Å². The van der Waals surface area contributed by atoms with Crippen LogP contribution in [0, 0.1) is 0 Å². The molecule has 7 heteroatoms. The molecule has 0 saturated carbocycles. The van der Waals surface area contributed by atoms with Crippen molar-refractivity contribution < 1.29 is 9.53 Å². The van der Waals surface area contributed by atoms with Gasteiger partial charge in [-0.3, -0.25) is 9.58 Å². The van der Waals surface area contributed by atoms with Crippen LogP contribution in [0.25, 0.3) is 0 Å². The standard InChI is InChI=1S/C15H25BrN4O2/c1-15(2,3)22-14(21)18(4)13-5-7-19(8-6-13)11-20-10-12(16)9-17-20/h9-10,13H,5-8,11H2,1-4H3. The Kier molecular flexibility index (Phi) is 5.50. The molecular weight excluding hydrogens is 348 g/mol. The lowest BCUT2D eigenvalue weighted by Gasteiger charge is -2.37. The van der Waals surface area contributed by atoms with Gasteiger partial charge >= 0.3 is 6.09 Å². The quantitative estimate of drug-likeness (QED) is 0.818. The Morgan fingerprint density at radius 1 is 1.45 bits per heavy atom. The van der Waals surface area contributed by atoms with Gasteiger partial charge in [0.15, 0.2) is 0 Å². The van der Waals surface area contributed by atoms with Crippen LogP contribution in [-0.2, 0) is 11.4 Å². The van der Waals surface area contributed by atoms with Crippen LogP contribution in [0.2, 0.25) is 0 Å². The molecule has 1 fully saturated rings. The number of piperidine rings is 1. The number of aromatic nitrogens is 2. The van der Waals surface area contributed by atoms with E-state index in [2.05, 4.69) is 25.9 Å². The molecule has 1 aromatic rings. The average Bonchev–Trinajstić information content (AvgIpc) is 2.82. The van der Waals surface area contributed by atoms with Crippen LogP contribution >= 0.6 is 15.9 Å². The van der Waals surface area contributed by atoms with Gasteiger partial charge in [-0.05, 0) is 49.5 Å². The zero-order valence-electron chi connectivity index (χ0n) is 13.8. The van der Waals surface area contributed by atoms with E-state index in [1.165, 1.54) is 0 Å². The highest BCUT2D eigenvalue weighted by Gasteiger charge is 2.28. The van der Waals surface area contributed by atoms with Gasteiger partial charge in [0, 0.05) is 32.4 Å². The molecule has 0 unspecified atom stereocenters. The molecule has 0 bridgehead atoms. The van der Waals surface area contributed by atoms with Gasteiger partial charge in [-0.1, -0.05) is 0 Å². The van der Waals surface area contributed by atoms with Gasteiger partial charge in [-0.15, -0.1) is 0 Å². The van der Waals surface area contributed by atoms with Crippen molar-refractivity contribution in [1.82, 2.24) is 19.6 Å². The fourth-order valence-electron chi connectivity index (χ4n) is 2.55. The van der Waals surface area contributed by atoms with Gasteiger partial charge < -0.3 is 9.64 Å². The fraction of sp³-hybridized carbons (Fsp3) is 0.733. The molecule has 0 radical (unpaired) electrons. The largest absolute Gasteiger partial charge is 0.444 e. The van der Waals surface area contributed by atoms with E-state index in [9.17, 15) is 4.79 Å². The van der Waals surface area contributed by atoms with E-state index >= 15 is 0 Å². The third kappa shape index (κ3) is 4.98. The zero-order valence-corrected chi connectivity index (χ0v) is 15.3. The van der Waals surface area contributed by atoms with Gasteiger partial charge in [-0.25, -0.2) is 4.79 Å². The molecule has 1 amide bonds. The summed E-state index contributed by atoms with van der Waals surface area (Å²) in [6.45, 7) is 8.37. The van der Waals surface area contributed by atoms with Crippen molar-refractivity contribution in [3.63, 3.8) is 0 Å². The maximum absolute atomic E-state index is 12.1. The van der Waals surface area contributed by atoms with Crippen molar-refractivity contribution >= 4 is 22.0 Å². The van der Waals surface area contributed by atoms with E-state index in [1.54, 1.807) is 11.1 Å². The van der Waals surface area contributed by atoms with E-state index < -0.39 is 5.60 Å². The summed E-state index contributed by atoms with van der Waals surface area (Å²) in [4.78, 5) is 16.2. The number of ether oxygens (including phenoxy) is 1. The molecule has 22 heavy (non-hydrogen) atoms. The normalized spacial score (nSPS) is 17.5. The second-order valence-corrected chi connectivity index (χ2v) is 7.70. The maximum Gasteiger partial charge on any atom is 0.410 e. The zero-order chi connectivity index (χ0) is 16.3. The summed E-state index contributed by atoms with van der Waals surface area (Å²) in [6.07, 6.45) is 5.44. The summed E-state index contributed by atoms with van der Waals surface area (Å²) >= 11 is 3.41. The Morgan fingerprint density at radius 3 is 2.59 bits per heavy atom. The lowest BCUT2D eigenvalue weighted by Crippen LogP contribution is -2.47. The van der Waals surface area contributed by atoms with E-state index in [1.807, 2.05) is 38.7 Å². The van der Waals surface area contributed by atoms with Crippen molar-refractivity contribution in [2.24, 2.45) is 0 Å². The summed E-state index contributed by atoms with van der Waals surface area (Å²) in [7, 11) is 1.83. The smallest absolute Gasteiger partial charge is 0.410 e. The number of rotatable bonds is 3. The Bertz CT molecular complexity index is 504. The van der Waals surface area contributed by atoms with Crippen molar-refractivity contribution in [2.45, 2.75) is 51.9 Å². The molecule has 124 valence electrons. The molecule has 1 aliphatic rings. The average molecular weight is 373 g/mol. The first-order chi connectivity index (χ1) is 10.2. The molecule has 1 saturated heterocycles. The van der Waals surface area contributed by atoms with E-state index in [0.29, 0.717) is 0 Å². The highest BCUT2D eigenvalue weighted by atomic mass is 79.9. The Balaban J connectivity index is 1.80. The molecule has 1 aromatic heterocycles. The van der Waals surface area contributed by atoms with Gasteiger partial charge in [-0.2, -0.15) is 5.10 Å². The molecule has 0 aliphatic carbocycles. The van der Waals surface area contributed by atoms with Crippen molar-refractivity contribution in [3.8, 4) is 0 Å². The highest BCUT2D eigenvalue weighted by Crippen LogP contribution is 2.19. The number of nitrogens with zero attached hydrogens (tertiary/aromatic N) is 4. The first kappa shape index (κ1) is 17.3. The summed E-state index contributed by atoms with van der Waals surface area (Å²) in [6, 6.07) is 0.246. The predicted molar refractivity (Wildman–Crippen MR) is 88.5 cm³/mol. The Hall–Kier alpha value is -1.08. The summed E-state index contributed by atoms with van der Waals surface area (Å²) in [5, 5.41) is 4.28. The number of likely N-dealkylation sites (tertiary alicyclic amines) is 1. The summed E-state index contributed by atoms with van der Waals surface area (Å²) in [5.41, 5.74) is -0.445. The van der Waals surface area contributed by atoms with Crippen LogP contribution in [0.15, 0.2) is 16.9 Å². The van der Waals surface area contributed by atoms with Gasteiger partial charge in [0.2, 0.25) is 0 Å². The van der Waals surface area contributed by atoms with Gasteiger partial charge in [0.25, 0.3) is 0 Å². The number of hydrogen-bond acceptors (Lipinski definition) is 4. The SMILES string of the molecule is CN(C(=O)OC(C)(C)C)C1CCN(Cn2cc(Br)cn2)CC1. The van der Waals surface area contributed by atoms with Crippen LogP contribution in [0.4, 0.5) is 4.79 Å². The molecular formula is C15H25BrN4O2.